The fourth-order valence-corrected chi connectivity index (χ4v) is 3.29. The van der Waals surface area contributed by atoms with Gasteiger partial charge in [0.05, 0.1) is 20.3 Å². The van der Waals surface area contributed by atoms with Crippen LogP contribution < -0.4 is 14.8 Å². The van der Waals surface area contributed by atoms with Crippen molar-refractivity contribution in [3.05, 3.63) is 23.3 Å². The number of nitrogens with zero attached hydrogens (tertiary/aromatic N) is 3. The summed E-state index contributed by atoms with van der Waals surface area (Å²) < 4.78 is 16.7. The number of aryl methyl sites for hydroxylation is 1. The highest BCUT2D eigenvalue weighted by atomic mass is 127. The van der Waals surface area contributed by atoms with Crippen molar-refractivity contribution >= 4 is 35.8 Å². The van der Waals surface area contributed by atoms with Crippen LogP contribution in [-0.4, -0.2) is 82.8 Å². The van der Waals surface area contributed by atoms with Crippen molar-refractivity contribution in [2.45, 2.75) is 38.8 Å². The first-order valence-electron chi connectivity index (χ1n) is 10.4. The van der Waals surface area contributed by atoms with Gasteiger partial charge in [-0.25, -0.2) is 4.99 Å². The van der Waals surface area contributed by atoms with Crippen LogP contribution in [0.15, 0.2) is 17.1 Å². The average Bonchev–Trinajstić information content (AvgIpc) is 2.75. The van der Waals surface area contributed by atoms with Crippen LogP contribution in [-0.2, 0) is 16.1 Å². The fourth-order valence-electron chi connectivity index (χ4n) is 3.29. The Hall–Kier alpha value is -1.75. The molecule has 0 aliphatic carbocycles. The molecule has 1 aliphatic rings. The van der Waals surface area contributed by atoms with Gasteiger partial charge in [0.1, 0.15) is 6.54 Å². The van der Waals surface area contributed by atoms with Crippen molar-refractivity contribution < 1.29 is 19.0 Å². The van der Waals surface area contributed by atoms with Gasteiger partial charge < -0.3 is 29.3 Å². The molecule has 1 aromatic carbocycles. The van der Waals surface area contributed by atoms with Crippen LogP contribution in [0.1, 0.15) is 30.4 Å². The largest absolute Gasteiger partial charge is 0.493 e. The van der Waals surface area contributed by atoms with Gasteiger partial charge in [0.2, 0.25) is 5.91 Å². The molecule has 1 fully saturated rings. The summed E-state index contributed by atoms with van der Waals surface area (Å²) in [6.07, 6.45) is 3.51. The van der Waals surface area contributed by atoms with Gasteiger partial charge in [-0.3, -0.25) is 4.79 Å². The Labute approximate surface area is 203 Å². The van der Waals surface area contributed by atoms with E-state index in [0.717, 1.165) is 30.6 Å². The van der Waals surface area contributed by atoms with Crippen LogP contribution in [0, 0.1) is 6.92 Å². The maximum absolute atomic E-state index is 12.1. The predicted molar refractivity (Wildman–Crippen MR) is 134 cm³/mol. The predicted octanol–water partition coefficient (Wildman–Crippen LogP) is 2.66. The first-order chi connectivity index (χ1) is 14.3. The van der Waals surface area contributed by atoms with Crippen LogP contribution in [0.3, 0.4) is 0 Å². The molecule has 1 saturated heterocycles. The monoisotopic (exact) mass is 548 g/mol. The molecular weight excluding hydrogens is 511 g/mol. The molecule has 176 valence electrons. The molecule has 0 aromatic heterocycles. The summed E-state index contributed by atoms with van der Waals surface area (Å²) in [7, 11) is 8.69. The van der Waals surface area contributed by atoms with Crippen LogP contribution in [0.5, 0.6) is 11.5 Å². The van der Waals surface area contributed by atoms with Gasteiger partial charge in [-0.2, -0.15) is 0 Å². The van der Waals surface area contributed by atoms with Gasteiger partial charge in [0.15, 0.2) is 17.5 Å². The number of guanidine groups is 1. The maximum Gasteiger partial charge on any atom is 0.243 e. The van der Waals surface area contributed by atoms with Gasteiger partial charge >= 0.3 is 0 Å². The van der Waals surface area contributed by atoms with Gasteiger partial charge in [0.25, 0.3) is 0 Å². The van der Waals surface area contributed by atoms with Crippen LogP contribution in [0.4, 0.5) is 0 Å². The molecule has 9 heteroatoms. The molecule has 2 rings (SSSR count). The standard InChI is InChI=1S/C22H36N4O4.HI/c1-16-11-19(28-5)20(29-6)12-17(16)15-26(4)22(24-14-21(27)25(2)3)23-13-18-9-7-8-10-30-18;/h11-12,18H,7-10,13-15H2,1-6H3,(H,23,24);1H. The highest BCUT2D eigenvalue weighted by molar-refractivity contribution is 14.0. The second kappa shape index (κ2) is 13.6. The third kappa shape index (κ3) is 8.36. The number of rotatable bonds is 8. The number of benzene rings is 1. The topological polar surface area (TPSA) is 75.6 Å². The van der Waals surface area contributed by atoms with Crippen molar-refractivity contribution in [2.24, 2.45) is 4.99 Å². The molecule has 1 aliphatic heterocycles. The number of methoxy groups -OCH3 is 2. The number of hydrogen-bond donors (Lipinski definition) is 1. The van der Waals surface area contributed by atoms with Crippen molar-refractivity contribution in [1.82, 2.24) is 15.1 Å². The lowest BCUT2D eigenvalue weighted by Gasteiger charge is -2.27. The summed E-state index contributed by atoms with van der Waals surface area (Å²) in [5, 5.41) is 3.40. The zero-order valence-electron chi connectivity index (χ0n) is 19.6. The number of carbonyl (C=O) groups excluding carboxylic acids is 1. The van der Waals surface area contributed by atoms with Crippen LogP contribution >= 0.6 is 24.0 Å². The summed E-state index contributed by atoms with van der Waals surface area (Å²) in [4.78, 5) is 20.2. The van der Waals surface area contributed by atoms with E-state index in [9.17, 15) is 4.79 Å². The van der Waals surface area contributed by atoms with Crippen molar-refractivity contribution in [3.8, 4) is 11.5 Å². The highest BCUT2D eigenvalue weighted by Crippen LogP contribution is 2.30. The molecule has 1 amide bonds. The second-order valence-electron chi connectivity index (χ2n) is 7.79. The molecule has 1 unspecified atom stereocenters. The molecule has 1 atom stereocenters. The Morgan fingerprint density at radius 2 is 1.87 bits per heavy atom. The molecule has 0 spiro atoms. The number of likely N-dealkylation sites (N-methyl/N-ethyl adjacent to an activating group) is 1. The molecule has 1 aromatic rings. The lowest BCUT2D eigenvalue weighted by molar-refractivity contribution is -0.127. The Morgan fingerprint density at radius 3 is 2.45 bits per heavy atom. The minimum absolute atomic E-state index is 0. The summed E-state index contributed by atoms with van der Waals surface area (Å²) in [6, 6.07) is 3.95. The van der Waals surface area contributed by atoms with Crippen molar-refractivity contribution in [3.63, 3.8) is 0 Å². The van der Waals surface area contributed by atoms with Gasteiger partial charge in [-0.1, -0.05) is 0 Å². The Bertz CT molecular complexity index is 736. The van der Waals surface area contributed by atoms with E-state index >= 15 is 0 Å². The minimum Gasteiger partial charge on any atom is -0.493 e. The normalized spacial score (nSPS) is 16.2. The van der Waals surface area contributed by atoms with E-state index in [4.69, 9.17) is 14.2 Å². The number of halogens is 1. The highest BCUT2D eigenvalue weighted by Gasteiger charge is 2.17. The summed E-state index contributed by atoms with van der Waals surface area (Å²) in [6.45, 7) is 4.22. The van der Waals surface area contributed by atoms with E-state index in [2.05, 4.69) is 10.3 Å². The third-order valence-corrected chi connectivity index (χ3v) is 5.24. The number of nitrogens with one attached hydrogen (secondary N) is 1. The fraction of sp³-hybridized carbons (Fsp3) is 0.636. The second-order valence-corrected chi connectivity index (χ2v) is 7.79. The third-order valence-electron chi connectivity index (χ3n) is 5.24. The van der Waals surface area contributed by atoms with Gasteiger partial charge in [0, 0.05) is 40.8 Å². The number of ether oxygens (including phenoxy) is 3. The van der Waals surface area contributed by atoms with Crippen LogP contribution in [0.2, 0.25) is 0 Å². The Kier molecular flexibility index (Phi) is 12.0. The first-order valence-corrected chi connectivity index (χ1v) is 10.4. The average molecular weight is 548 g/mol. The summed E-state index contributed by atoms with van der Waals surface area (Å²) in [5.41, 5.74) is 2.19. The quantitative estimate of drug-likeness (QED) is 0.306. The molecule has 0 saturated carbocycles. The molecule has 31 heavy (non-hydrogen) atoms. The van der Waals surface area contributed by atoms with E-state index in [1.54, 1.807) is 33.2 Å². The molecule has 0 bridgehead atoms. The number of carbonyl (C=O) groups is 1. The van der Waals surface area contributed by atoms with E-state index in [0.29, 0.717) is 30.5 Å². The Morgan fingerprint density at radius 1 is 1.19 bits per heavy atom. The molecular formula is C22H37IN4O4. The number of amides is 1. The van der Waals surface area contributed by atoms with Crippen molar-refractivity contribution in [1.29, 1.82) is 0 Å². The van der Waals surface area contributed by atoms with E-state index in [1.165, 1.54) is 6.42 Å². The molecule has 1 N–H and O–H groups in total. The SMILES string of the molecule is COc1cc(C)c(CN(C)C(=NCC(=O)N(C)C)NCC2CCCCO2)cc1OC.I. The van der Waals surface area contributed by atoms with Gasteiger partial charge in [-0.05, 0) is 49.4 Å². The zero-order valence-corrected chi connectivity index (χ0v) is 21.9. The minimum atomic E-state index is -0.0427. The zero-order chi connectivity index (χ0) is 22.1. The molecule has 8 nitrogen and oxygen atoms in total. The van der Waals surface area contributed by atoms with E-state index < -0.39 is 0 Å². The lowest BCUT2D eigenvalue weighted by atomic mass is 10.1. The number of aliphatic imine (C=N–C) groups is 1. The summed E-state index contributed by atoms with van der Waals surface area (Å²) >= 11 is 0. The summed E-state index contributed by atoms with van der Waals surface area (Å²) in [5.74, 6) is 2.03. The first kappa shape index (κ1) is 27.3. The maximum atomic E-state index is 12.1. The number of hydrogen-bond acceptors (Lipinski definition) is 5. The molecule has 0 radical (unpaired) electrons. The van der Waals surface area contributed by atoms with E-state index in [-0.39, 0.29) is 42.5 Å². The lowest BCUT2D eigenvalue weighted by Crippen LogP contribution is -2.44. The Balaban J connectivity index is 0.00000480. The van der Waals surface area contributed by atoms with Crippen molar-refractivity contribution in [2.75, 3.05) is 55.1 Å². The van der Waals surface area contributed by atoms with Gasteiger partial charge in [-0.15, -0.1) is 24.0 Å². The van der Waals surface area contributed by atoms with E-state index in [1.807, 2.05) is 31.0 Å². The molecule has 1 heterocycles. The van der Waals surface area contributed by atoms with Crippen LogP contribution in [0.25, 0.3) is 0 Å². The smallest absolute Gasteiger partial charge is 0.243 e.